The third-order valence-corrected chi connectivity index (χ3v) is 24.1. The van der Waals surface area contributed by atoms with Crippen molar-refractivity contribution in [2.45, 2.75) is 286 Å². The predicted octanol–water partition coefficient (Wildman–Crippen LogP) is 19.0. The van der Waals surface area contributed by atoms with Crippen molar-refractivity contribution < 1.29 is 42.8 Å². The maximum Gasteiger partial charge on any atom is 0.307 e. The van der Waals surface area contributed by atoms with Gasteiger partial charge in [-0.3, -0.25) is 14.4 Å². The van der Waals surface area contributed by atoms with E-state index in [1.807, 2.05) is 70.6 Å². The van der Waals surface area contributed by atoms with Crippen LogP contribution in [0.3, 0.4) is 0 Å². The van der Waals surface area contributed by atoms with Gasteiger partial charge in [0.15, 0.2) is 0 Å². The molecule has 0 bridgehead atoms. The summed E-state index contributed by atoms with van der Waals surface area (Å²) < 4.78 is 34.9. The molecule has 0 spiro atoms. The lowest BCUT2D eigenvalue weighted by atomic mass is 10.1. The molecule has 0 atom stereocenters. The van der Waals surface area contributed by atoms with Crippen LogP contribution in [0.4, 0.5) is 0 Å². The topological polar surface area (TPSA) is 125 Å². The minimum atomic E-state index is -0.217. The fourth-order valence-electron chi connectivity index (χ4n) is 9.93. The van der Waals surface area contributed by atoms with E-state index in [4.69, 9.17) is 28.4 Å². The summed E-state index contributed by atoms with van der Waals surface area (Å²) in [6.45, 7) is 30.8. The van der Waals surface area contributed by atoms with Crippen LogP contribution in [-0.4, -0.2) is 187 Å². The molecule has 0 aliphatic carbocycles. The van der Waals surface area contributed by atoms with Crippen LogP contribution in [0.2, 0.25) is 0 Å². The summed E-state index contributed by atoms with van der Waals surface area (Å²) in [7, 11) is 2.08. The van der Waals surface area contributed by atoms with Crippen LogP contribution < -0.4 is 5.32 Å². The lowest BCUT2D eigenvalue weighted by Gasteiger charge is -2.25. The summed E-state index contributed by atoms with van der Waals surface area (Å²) in [5, 5.41) is 3.40. The molecule has 530 valence electrons. The van der Waals surface area contributed by atoms with E-state index in [0.717, 1.165) is 113 Å². The average Bonchev–Trinajstić information content (AvgIpc) is 3.53. The lowest BCUT2D eigenvalue weighted by molar-refractivity contribution is -0.144. The molecule has 0 aromatic rings. The van der Waals surface area contributed by atoms with E-state index in [9.17, 15) is 14.4 Å². The molecule has 89 heavy (non-hydrogen) atoms. The van der Waals surface area contributed by atoms with E-state index in [1.54, 1.807) is 0 Å². The van der Waals surface area contributed by atoms with Crippen LogP contribution in [-0.2, 0) is 42.8 Å². The van der Waals surface area contributed by atoms with Crippen LogP contribution in [0.1, 0.15) is 274 Å². The molecule has 0 aromatic carbocycles. The summed E-state index contributed by atoms with van der Waals surface area (Å²) in [6, 6.07) is 0. The largest absolute Gasteiger partial charge is 0.465 e. The zero-order chi connectivity index (χ0) is 65.5. The molecule has 1 N–H and O–H groups in total. The van der Waals surface area contributed by atoms with Crippen LogP contribution in [0, 0.1) is 0 Å². The number of thioether (sulfide) groups is 6. The third-order valence-electron chi connectivity index (χ3n) is 15.6. The number of esters is 3. The van der Waals surface area contributed by atoms with Gasteiger partial charge in [0.2, 0.25) is 0 Å². The zero-order valence-corrected chi connectivity index (χ0v) is 64.3. The molecule has 0 saturated carbocycles. The first-order chi connectivity index (χ1) is 43.0. The Kier molecular flexibility index (Phi) is 65.8. The van der Waals surface area contributed by atoms with Gasteiger partial charge in [-0.25, -0.2) is 0 Å². The molecule has 0 aromatic heterocycles. The zero-order valence-electron chi connectivity index (χ0n) is 59.4. The average molecular weight is 1370 g/mol. The summed E-state index contributed by atoms with van der Waals surface area (Å²) in [4.78, 5) is 43.1. The van der Waals surface area contributed by atoms with Gasteiger partial charge in [0.1, 0.15) is 19.8 Å². The van der Waals surface area contributed by atoms with Gasteiger partial charge in [0.05, 0.1) is 51.3 Å². The Balaban J connectivity index is 4.67. The Morgan fingerprint density at radius 1 is 0.315 bits per heavy atom. The van der Waals surface area contributed by atoms with E-state index in [2.05, 4.69) is 84.5 Å². The Hall–Kier alpha value is 0.270. The quantitative estimate of drug-likeness (QED) is 0.0268. The first kappa shape index (κ1) is 89.3. The number of carbonyl (C=O) groups is 3. The van der Waals surface area contributed by atoms with Crippen molar-refractivity contribution in [3.05, 3.63) is 0 Å². The first-order valence-electron chi connectivity index (χ1n) is 36.2. The Labute approximate surface area is 575 Å². The van der Waals surface area contributed by atoms with Gasteiger partial charge in [-0.1, -0.05) is 194 Å². The fraction of sp³-hybridized carbons (Fsp3) is 0.958. The smallest absolute Gasteiger partial charge is 0.307 e. The molecular formula is C71H141N3O9S6. The normalized spacial score (nSPS) is 12.3. The third kappa shape index (κ3) is 68.0. The standard InChI is InChI=1S/C71H141N3O9S6/c1-11-14-17-20-23-26-29-32-35-38-51-78-54-60-84-69(4,5)87-63-57-81-66(75)41-44-72-45-48-73(10)49-50-74(46-42-67(76)82-58-64-88-70(6,7)85-61-55-79-52-39-36-33-30-27-24-21-18-15-12-2)47-43-68(77)83-59-65-89-71(8,9)86-62-56-80-53-40-37-34-31-28-25-22-19-16-13-3/h72H,11-65H2,1-10H3. The number of hydrogen-bond donors (Lipinski definition) is 1. The minimum Gasteiger partial charge on any atom is -0.465 e. The van der Waals surface area contributed by atoms with Gasteiger partial charge in [0, 0.05) is 100 Å². The van der Waals surface area contributed by atoms with Gasteiger partial charge in [-0.2, -0.15) is 0 Å². The molecule has 0 amide bonds. The maximum absolute atomic E-state index is 13.1. The molecule has 0 aliphatic heterocycles. The number of unbranched alkanes of at least 4 members (excludes halogenated alkanes) is 27. The Bertz CT molecular complexity index is 1490. The molecule has 0 radical (unpaired) electrons. The molecule has 18 heteroatoms. The van der Waals surface area contributed by atoms with E-state index in [-0.39, 0.29) is 43.0 Å². The van der Waals surface area contributed by atoms with Crippen LogP contribution >= 0.6 is 70.6 Å². The molecule has 0 heterocycles. The van der Waals surface area contributed by atoms with E-state index in [0.29, 0.717) is 52.4 Å². The molecule has 0 unspecified atom stereocenters. The fourth-order valence-corrected chi connectivity index (χ4v) is 16.5. The molecule has 0 fully saturated rings. The van der Waals surface area contributed by atoms with E-state index in [1.165, 1.54) is 173 Å². The second-order valence-corrected chi connectivity index (χ2v) is 36.6. The number of likely N-dealkylation sites (N-methyl/N-ethyl adjacent to an activating group) is 1. The van der Waals surface area contributed by atoms with Gasteiger partial charge >= 0.3 is 17.9 Å². The highest BCUT2D eigenvalue weighted by molar-refractivity contribution is 8.19. The van der Waals surface area contributed by atoms with Gasteiger partial charge < -0.3 is 43.5 Å². The van der Waals surface area contributed by atoms with Crippen molar-refractivity contribution in [3.8, 4) is 0 Å². The van der Waals surface area contributed by atoms with Crippen molar-refractivity contribution in [1.82, 2.24) is 15.1 Å². The summed E-state index contributed by atoms with van der Waals surface area (Å²) in [5.74, 6) is 4.49. The van der Waals surface area contributed by atoms with Crippen molar-refractivity contribution in [2.75, 3.05) is 147 Å². The van der Waals surface area contributed by atoms with Crippen molar-refractivity contribution in [2.24, 2.45) is 0 Å². The van der Waals surface area contributed by atoms with Gasteiger partial charge in [-0.15, -0.1) is 70.6 Å². The van der Waals surface area contributed by atoms with Crippen molar-refractivity contribution in [3.63, 3.8) is 0 Å². The number of nitrogens with one attached hydrogen (secondary N) is 1. The van der Waals surface area contributed by atoms with Crippen molar-refractivity contribution >= 4 is 88.5 Å². The summed E-state index contributed by atoms with van der Waals surface area (Å²) >= 11 is 11.2. The highest BCUT2D eigenvalue weighted by Gasteiger charge is 2.22. The Morgan fingerprint density at radius 3 is 0.888 bits per heavy atom. The number of hydrogen-bond acceptors (Lipinski definition) is 18. The second kappa shape index (κ2) is 65.6. The van der Waals surface area contributed by atoms with E-state index >= 15 is 0 Å². The van der Waals surface area contributed by atoms with Gasteiger partial charge in [0.25, 0.3) is 0 Å². The minimum absolute atomic E-state index is 0.00115. The molecule has 0 saturated heterocycles. The summed E-state index contributed by atoms with van der Waals surface area (Å²) in [5.41, 5.74) is 0. The molecule has 0 rings (SSSR count). The van der Waals surface area contributed by atoms with Crippen LogP contribution in [0.5, 0.6) is 0 Å². The summed E-state index contributed by atoms with van der Waals surface area (Å²) in [6.07, 6.45) is 40.9. The van der Waals surface area contributed by atoms with Crippen LogP contribution in [0.15, 0.2) is 0 Å². The van der Waals surface area contributed by atoms with E-state index < -0.39 is 0 Å². The number of ether oxygens (including phenoxy) is 6. The number of rotatable bonds is 72. The van der Waals surface area contributed by atoms with Crippen LogP contribution in [0.25, 0.3) is 0 Å². The lowest BCUT2D eigenvalue weighted by Crippen LogP contribution is -2.38. The second-order valence-electron chi connectivity index (χ2n) is 25.5. The number of carbonyl (C=O) groups excluding carboxylic acids is 3. The predicted molar refractivity (Wildman–Crippen MR) is 399 cm³/mol. The first-order valence-corrected chi connectivity index (χ1v) is 42.1. The monoisotopic (exact) mass is 1370 g/mol. The molecular weight excluding hydrogens is 1230 g/mol. The maximum atomic E-state index is 13.1. The van der Waals surface area contributed by atoms with Gasteiger partial charge in [-0.05, 0) is 67.9 Å². The molecule has 0 aliphatic rings. The van der Waals surface area contributed by atoms with Crippen molar-refractivity contribution in [1.29, 1.82) is 0 Å². The molecule has 12 nitrogen and oxygen atoms in total. The highest BCUT2D eigenvalue weighted by Crippen LogP contribution is 2.38. The Morgan fingerprint density at radius 2 is 0.584 bits per heavy atom. The highest BCUT2D eigenvalue weighted by atomic mass is 32.2. The SMILES string of the molecule is CCCCCCCCCCCCOCCSC(C)(C)SCCOC(=O)CCNCCN(C)CCN(CCC(=O)OCCSC(C)(C)SCCOCCCCCCCCCCCC)CCC(=O)OCCSC(C)(C)SCCOCCCCCCCCCCCC. The number of nitrogens with zero attached hydrogens (tertiary/aromatic N) is 2.